The average Bonchev–Trinajstić information content (AvgIpc) is 2.65. The van der Waals surface area contributed by atoms with Crippen LogP contribution in [0.4, 0.5) is 10.5 Å². The highest BCUT2D eigenvalue weighted by molar-refractivity contribution is 5.95. The van der Waals surface area contributed by atoms with Crippen LogP contribution in [0.1, 0.15) is 13.3 Å². The van der Waals surface area contributed by atoms with Gasteiger partial charge >= 0.3 is 12.1 Å². The van der Waals surface area contributed by atoms with Gasteiger partial charge < -0.3 is 14.9 Å². The highest BCUT2D eigenvalue weighted by atomic mass is 16.5. The summed E-state index contributed by atoms with van der Waals surface area (Å²) < 4.78 is 4.72. The predicted molar refractivity (Wildman–Crippen MR) is 94.5 cm³/mol. The zero-order valence-corrected chi connectivity index (χ0v) is 14.1. The Morgan fingerprint density at radius 1 is 1.04 bits per heavy atom. The Kier molecular flexibility index (Phi) is 6.14. The molecule has 0 fully saturated rings. The van der Waals surface area contributed by atoms with E-state index in [2.05, 4.69) is 0 Å². The highest BCUT2D eigenvalue weighted by Crippen LogP contribution is 2.26. The molecule has 2 aromatic rings. The van der Waals surface area contributed by atoms with Gasteiger partial charge in [0.15, 0.2) is 6.04 Å². The number of anilines is 1. The summed E-state index contributed by atoms with van der Waals surface area (Å²) in [7, 11) is 1.17. The Morgan fingerprint density at radius 2 is 1.60 bits per heavy atom. The molecule has 0 heterocycles. The normalized spacial score (nSPS) is 12.9. The Hall–Kier alpha value is -2.86. The Morgan fingerprint density at radius 3 is 2.08 bits per heavy atom. The fourth-order valence-corrected chi connectivity index (χ4v) is 2.59. The molecule has 0 spiro atoms. The molecule has 6 heteroatoms. The van der Waals surface area contributed by atoms with Crippen molar-refractivity contribution in [3.05, 3.63) is 54.6 Å². The number of nitrogens with zero attached hydrogens (tertiary/aromatic N) is 1. The van der Waals surface area contributed by atoms with E-state index in [9.17, 15) is 19.8 Å². The molecule has 25 heavy (non-hydrogen) atoms. The first kappa shape index (κ1) is 18.5. The molecule has 2 atom stereocenters. The van der Waals surface area contributed by atoms with Gasteiger partial charge in [0, 0.05) is 5.69 Å². The number of ether oxygens (including phenoxy) is 1. The third kappa shape index (κ3) is 4.16. The van der Waals surface area contributed by atoms with E-state index >= 15 is 0 Å². The van der Waals surface area contributed by atoms with Gasteiger partial charge in [-0.3, -0.25) is 4.90 Å². The zero-order valence-electron chi connectivity index (χ0n) is 14.1. The van der Waals surface area contributed by atoms with Gasteiger partial charge in [-0.05, 0) is 29.7 Å². The second-order valence-electron chi connectivity index (χ2n) is 5.51. The molecule has 0 aliphatic heterocycles. The summed E-state index contributed by atoms with van der Waals surface area (Å²) in [5.74, 6) is -1.30. The summed E-state index contributed by atoms with van der Waals surface area (Å²) >= 11 is 0. The van der Waals surface area contributed by atoms with Crippen molar-refractivity contribution in [2.45, 2.75) is 25.5 Å². The lowest BCUT2D eigenvalue weighted by Gasteiger charge is -2.30. The number of aliphatic hydroxyl groups excluding tert-OH is 1. The number of aliphatic carboxylic acids is 1. The van der Waals surface area contributed by atoms with Crippen LogP contribution >= 0.6 is 0 Å². The van der Waals surface area contributed by atoms with Crippen LogP contribution in [0.5, 0.6) is 0 Å². The van der Waals surface area contributed by atoms with E-state index in [0.29, 0.717) is 5.69 Å². The number of rotatable bonds is 6. The van der Waals surface area contributed by atoms with Crippen molar-refractivity contribution < 1.29 is 24.5 Å². The first-order valence-corrected chi connectivity index (χ1v) is 7.93. The molecule has 6 nitrogen and oxygen atoms in total. The van der Waals surface area contributed by atoms with Crippen molar-refractivity contribution in [1.82, 2.24) is 0 Å². The Balaban J connectivity index is 2.41. The standard InChI is InChI=1S/C19H21NO5/c1-3-16(21)17(18(22)23)20(19(24)25-2)15-11-9-14(10-12-15)13-7-5-4-6-8-13/h4-12,16-17,21H,3H2,1-2H3,(H,22,23). The first-order chi connectivity index (χ1) is 12.0. The monoisotopic (exact) mass is 343 g/mol. The number of carbonyl (C=O) groups excluding carboxylic acids is 1. The molecule has 2 N–H and O–H groups in total. The largest absolute Gasteiger partial charge is 0.480 e. The van der Waals surface area contributed by atoms with Crippen LogP contribution in [0, 0.1) is 0 Å². The van der Waals surface area contributed by atoms with Crippen molar-refractivity contribution in [3.8, 4) is 11.1 Å². The van der Waals surface area contributed by atoms with Gasteiger partial charge in [-0.25, -0.2) is 9.59 Å². The second kappa shape index (κ2) is 8.30. The van der Waals surface area contributed by atoms with Crippen LogP contribution in [0.25, 0.3) is 11.1 Å². The van der Waals surface area contributed by atoms with Gasteiger partial charge in [0.2, 0.25) is 0 Å². The van der Waals surface area contributed by atoms with E-state index in [-0.39, 0.29) is 6.42 Å². The third-order valence-corrected chi connectivity index (χ3v) is 3.94. The molecule has 2 unspecified atom stereocenters. The van der Waals surface area contributed by atoms with E-state index < -0.39 is 24.2 Å². The number of hydrogen-bond donors (Lipinski definition) is 2. The lowest BCUT2D eigenvalue weighted by atomic mass is 10.0. The lowest BCUT2D eigenvalue weighted by Crippen LogP contribution is -2.52. The maximum Gasteiger partial charge on any atom is 0.414 e. The van der Waals surface area contributed by atoms with Crippen molar-refractivity contribution in [3.63, 3.8) is 0 Å². The van der Waals surface area contributed by atoms with Gasteiger partial charge in [-0.15, -0.1) is 0 Å². The van der Waals surface area contributed by atoms with E-state index in [1.807, 2.05) is 30.3 Å². The van der Waals surface area contributed by atoms with E-state index in [1.165, 1.54) is 7.11 Å². The van der Waals surface area contributed by atoms with Crippen molar-refractivity contribution >= 4 is 17.7 Å². The number of benzene rings is 2. The third-order valence-electron chi connectivity index (χ3n) is 3.94. The van der Waals surface area contributed by atoms with Crippen molar-refractivity contribution in [2.75, 3.05) is 12.0 Å². The molecule has 132 valence electrons. The number of carboxylic acids is 1. The summed E-state index contributed by atoms with van der Waals surface area (Å²) in [5, 5.41) is 19.5. The molecule has 0 radical (unpaired) electrons. The number of carboxylic acid groups (broad SMARTS) is 1. The van der Waals surface area contributed by atoms with Gasteiger partial charge in [-0.1, -0.05) is 49.4 Å². The van der Waals surface area contributed by atoms with E-state index in [4.69, 9.17) is 4.74 Å². The maximum absolute atomic E-state index is 12.2. The number of carbonyl (C=O) groups is 2. The molecular formula is C19H21NO5. The summed E-state index contributed by atoms with van der Waals surface area (Å²) in [5.41, 5.74) is 2.27. The molecule has 1 amide bonds. The molecule has 0 saturated carbocycles. The first-order valence-electron chi connectivity index (χ1n) is 7.93. The minimum absolute atomic E-state index is 0.187. The summed E-state index contributed by atoms with van der Waals surface area (Å²) in [6.07, 6.45) is -1.87. The molecule has 2 aromatic carbocycles. The Labute approximate surface area is 146 Å². The van der Waals surface area contributed by atoms with Crippen LogP contribution in [0.15, 0.2) is 54.6 Å². The number of hydrogen-bond acceptors (Lipinski definition) is 4. The molecule has 2 rings (SSSR count). The number of methoxy groups -OCH3 is 1. The fourth-order valence-electron chi connectivity index (χ4n) is 2.59. The summed E-state index contributed by atoms with van der Waals surface area (Å²) in [6, 6.07) is 15.1. The van der Waals surface area contributed by atoms with Gasteiger partial charge in [0.1, 0.15) is 0 Å². The smallest absolute Gasteiger partial charge is 0.414 e. The van der Waals surface area contributed by atoms with Crippen LogP contribution in [-0.4, -0.2) is 41.5 Å². The lowest BCUT2D eigenvalue weighted by molar-refractivity contribution is -0.141. The fraction of sp³-hybridized carbons (Fsp3) is 0.263. The average molecular weight is 343 g/mol. The molecule has 0 aliphatic rings. The van der Waals surface area contributed by atoms with Crippen LogP contribution in [0.3, 0.4) is 0 Å². The van der Waals surface area contributed by atoms with E-state index in [1.54, 1.807) is 31.2 Å². The number of aliphatic hydroxyl groups is 1. The second-order valence-corrected chi connectivity index (χ2v) is 5.51. The van der Waals surface area contributed by atoms with Gasteiger partial charge in [-0.2, -0.15) is 0 Å². The SMILES string of the molecule is CCC(O)C(C(=O)O)N(C(=O)OC)c1ccc(-c2ccccc2)cc1. The summed E-state index contributed by atoms with van der Waals surface area (Å²) in [4.78, 5) is 24.7. The highest BCUT2D eigenvalue weighted by Gasteiger charge is 2.36. The Bertz CT molecular complexity index is 714. The van der Waals surface area contributed by atoms with Crippen molar-refractivity contribution in [2.24, 2.45) is 0 Å². The molecular weight excluding hydrogens is 322 g/mol. The van der Waals surface area contributed by atoms with Crippen LogP contribution in [-0.2, 0) is 9.53 Å². The van der Waals surface area contributed by atoms with Crippen LogP contribution < -0.4 is 4.90 Å². The molecule has 0 aromatic heterocycles. The number of amides is 1. The van der Waals surface area contributed by atoms with Crippen molar-refractivity contribution in [1.29, 1.82) is 0 Å². The minimum atomic E-state index is -1.43. The predicted octanol–water partition coefficient (Wildman–Crippen LogP) is 3.15. The van der Waals surface area contributed by atoms with Crippen LogP contribution in [0.2, 0.25) is 0 Å². The van der Waals surface area contributed by atoms with E-state index in [0.717, 1.165) is 16.0 Å². The topological polar surface area (TPSA) is 87.1 Å². The van der Waals surface area contributed by atoms with Gasteiger partial charge in [0.25, 0.3) is 0 Å². The summed E-state index contributed by atoms with van der Waals surface area (Å²) in [6.45, 7) is 1.65. The molecule has 0 saturated heterocycles. The molecule has 0 bridgehead atoms. The maximum atomic E-state index is 12.2. The zero-order chi connectivity index (χ0) is 18.4. The van der Waals surface area contributed by atoms with Gasteiger partial charge in [0.05, 0.1) is 13.2 Å². The minimum Gasteiger partial charge on any atom is -0.480 e. The molecule has 0 aliphatic carbocycles. The quantitative estimate of drug-likeness (QED) is 0.841.